The molecule has 5 nitrogen and oxygen atoms in total. The van der Waals surface area contributed by atoms with Crippen LogP contribution in [0.2, 0.25) is 0 Å². The number of anilines is 1. The van der Waals surface area contributed by atoms with Crippen LogP contribution in [0.4, 0.5) is 5.82 Å². The Bertz CT molecular complexity index is 825. The molecular formula is C18H22N4OS. The van der Waals surface area contributed by atoms with Crippen molar-refractivity contribution in [3.05, 3.63) is 40.9 Å². The number of nitrogens with one attached hydrogen (secondary N) is 1. The van der Waals surface area contributed by atoms with Crippen LogP contribution in [0.5, 0.6) is 0 Å². The van der Waals surface area contributed by atoms with E-state index >= 15 is 0 Å². The van der Waals surface area contributed by atoms with Gasteiger partial charge in [-0.25, -0.2) is 9.97 Å². The SMILES string of the molecule is CN(C)[C@@H](CNc1ncnc2sc3c(c12)CCCC3)c1ccco1. The van der Waals surface area contributed by atoms with Crippen molar-refractivity contribution in [3.63, 3.8) is 0 Å². The number of nitrogens with zero attached hydrogens (tertiary/aromatic N) is 3. The molecule has 3 aromatic heterocycles. The molecule has 0 spiro atoms. The van der Waals surface area contributed by atoms with E-state index in [9.17, 15) is 0 Å². The van der Waals surface area contributed by atoms with Gasteiger partial charge >= 0.3 is 0 Å². The van der Waals surface area contributed by atoms with Gasteiger partial charge in [-0.3, -0.25) is 4.90 Å². The fraction of sp³-hybridized carbons (Fsp3) is 0.444. The molecule has 24 heavy (non-hydrogen) atoms. The highest BCUT2D eigenvalue weighted by Crippen LogP contribution is 2.38. The van der Waals surface area contributed by atoms with E-state index in [1.54, 1.807) is 12.6 Å². The van der Waals surface area contributed by atoms with Crippen molar-refractivity contribution in [1.82, 2.24) is 14.9 Å². The third-order valence-corrected chi connectivity index (χ3v) is 5.91. The minimum Gasteiger partial charge on any atom is -0.468 e. The first-order valence-electron chi connectivity index (χ1n) is 8.43. The highest BCUT2D eigenvalue weighted by molar-refractivity contribution is 7.19. The fourth-order valence-electron chi connectivity index (χ4n) is 3.44. The van der Waals surface area contributed by atoms with Gasteiger partial charge < -0.3 is 9.73 Å². The summed E-state index contributed by atoms with van der Waals surface area (Å²) in [6.07, 6.45) is 8.28. The van der Waals surface area contributed by atoms with Crippen LogP contribution in [0, 0.1) is 0 Å². The lowest BCUT2D eigenvalue weighted by molar-refractivity contribution is 0.269. The van der Waals surface area contributed by atoms with Crippen LogP contribution in [0.15, 0.2) is 29.1 Å². The van der Waals surface area contributed by atoms with Crippen LogP contribution in [0.3, 0.4) is 0 Å². The molecule has 126 valence electrons. The Kier molecular flexibility index (Phi) is 4.24. The molecule has 0 unspecified atom stereocenters. The predicted molar refractivity (Wildman–Crippen MR) is 97.7 cm³/mol. The molecule has 1 N–H and O–H groups in total. The van der Waals surface area contributed by atoms with Crippen molar-refractivity contribution in [1.29, 1.82) is 0 Å². The highest BCUT2D eigenvalue weighted by atomic mass is 32.1. The second-order valence-corrected chi connectivity index (χ2v) is 7.57. The summed E-state index contributed by atoms with van der Waals surface area (Å²) in [5.74, 6) is 1.92. The summed E-state index contributed by atoms with van der Waals surface area (Å²) in [4.78, 5) is 13.8. The topological polar surface area (TPSA) is 54.2 Å². The fourth-order valence-corrected chi connectivity index (χ4v) is 4.67. The number of hydrogen-bond donors (Lipinski definition) is 1. The molecule has 0 saturated carbocycles. The number of thiophene rings is 1. The normalized spacial score (nSPS) is 15.6. The van der Waals surface area contributed by atoms with Crippen LogP contribution in [0.1, 0.15) is 35.1 Å². The molecule has 3 heterocycles. The first-order chi connectivity index (χ1) is 11.7. The van der Waals surface area contributed by atoms with E-state index in [0.29, 0.717) is 0 Å². The summed E-state index contributed by atoms with van der Waals surface area (Å²) in [7, 11) is 4.13. The molecule has 6 heteroatoms. The van der Waals surface area contributed by atoms with Crippen molar-refractivity contribution in [3.8, 4) is 0 Å². The first-order valence-corrected chi connectivity index (χ1v) is 9.24. The number of likely N-dealkylation sites (N-methyl/N-ethyl adjacent to an activating group) is 1. The smallest absolute Gasteiger partial charge is 0.138 e. The Morgan fingerprint density at radius 2 is 2.17 bits per heavy atom. The van der Waals surface area contributed by atoms with Crippen LogP contribution >= 0.6 is 11.3 Å². The second kappa shape index (κ2) is 6.53. The van der Waals surface area contributed by atoms with Gasteiger partial charge in [0, 0.05) is 11.4 Å². The van der Waals surface area contributed by atoms with E-state index in [2.05, 4.69) is 34.3 Å². The average molecular weight is 342 g/mol. The number of aryl methyl sites for hydroxylation is 2. The van der Waals surface area contributed by atoms with E-state index in [4.69, 9.17) is 4.42 Å². The lowest BCUT2D eigenvalue weighted by Gasteiger charge is -2.23. The summed E-state index contributed by atoms with van der Waals surface area (Å²) in [5.41, 5.74) is 1.46. The Morgan fingerprint density at radius 3 is 2.96 bits per heavy atom. The molecule has 1 atom stereocenters. The predicted octanol–water partition coefficient (Wildman–Crippen LogP) is 3.88. The molecule has 0 saturated heterocycles. The maximum atomic E-state index is 5.60. The number of rotatable bonds is 5. The molecule has 0 bridgehead atoms. The maximum absolute atomic E-state index is 5.60. The van der Waals surface area contributed by atoms with Crippen LogP contribution < -0.4 is 5.32 Å². The van der Waals surface area contributed by atoms with Crippen LogP contribution in [-0.2, 0) is 12.8 Å². The molecule has 0 aliphatic heterocycles. The van der Waals surface area contributed by atoms with Gasteiger partial charge in [0.25, 0.3) is 0 Å². The van der Waals surface area contributed by atoms with E-state index < -0.39 is 0 Å². The van der Waals surface area contributed by atoms with Gasteiger partial charge in [-0.2, -0.15) is 0 Å². The first kappa shape index (κ1) is 15.6. The van der Waals surface area contributed by atoms with Gasteiger partial charge in [0.2, 0.25) is 0 Å². The second-order valence-electron chi connectivity index (χ2n) is 6.49. The minimum absolute atomic E-state index is 0.166. The van der Waals surface area contributed by atoms with Gasteiger partial charge in [-0.15, -0.1) is 11.3 Å². The largest absolute Gasteiger partial charge is 0.468 e. The Labute approximate surface area is 145 Å². The van der Waals surface area contributed by atoms with E-state index in [-0.39, 0.29) is 6.04 Å². The van der Waals surface area contributed by atoms with Gasteiger partial charge in [0.05, 0.1) is 17.7 Å². The molecule has 1 aliphatic rings. The monoisotopic (exact) mass is 342 g/mol. The van der Waals surface area contributed by atoms with Crippen molar-refractivity contribution >= 4 is 27.4 Å². The third-order valence-electron chi connectivity index (χ3n) is 4.71. The van der Waals surface area contributed by atoms with E-state index in [0.717, 1.165) is 29.4 Å². The van der Waals surface area contributed by atoms with Crippen LogP contribution in [0.25, 0.3) is 10.2 Å². The summed E-state index contributed by atoms with van der Waals surface area (Å²) >= 11 is 1.83. The molecule has 0 amide bonds. The van der Waals surface area contributed by atoms with Crippen molar-refractivity contribution in [2.24, 2.45) is 0 Å². The van der Waals surface area contributed by atoms with Gasteiger partial charge in [0.1, 0.15) is 22.7 Å². The molecule has 0 radical (unpaired) electrons. The lowest BCUT2D eigenvalue weighted by atomic mass is 9.97. The summed E-state index contributed by atoms with van der Waals surface area (Å²) in [6, 6.07) is 4.12. The van der Waals surface area contributed by atoms with Gasteiger partial charge in [-0.05, 0) is 57.5 Å². The molecule has 0 fully saturated rings. The van der Waals surface area contributed by atoms with Crippen molar-refractivity contribution in [2.75, 3.05) is 26.0 Å². The lowest BCUT2D eigenvalue weighted by Crippen LogP contribution is -2.26. The molecule has 1 aliphatic carbocycles. The van der Waals surface area contributed by atoms with Crippen molar-refractivity contribution in [2.45, 2.75) is 31.7 Å². The highest BCUT2D eigenvalue weighted by Gasteiger charge is 2.21. The molecule has 3 aromatic rings. The van der Waals surface area contributed by atoms with E-state index in [1.165, 1.54) is 35.1 Å². The summed E-state index contributed by atoms with van der Waals surface area (Å²) < 4.78 is 5.60. The van der Waals surface area contributed by atoms with Gasteiger partial charge in [0.15, 0.2) is 0 Å². The summed E-state index contributed by atoms with van der Waals surface area (Å²) in [5, 5.41) is 4.78. The maximum Gasteiger partial charge on any atom is 0.138 e. The van der Waals surface area contributed by atoms with Crippen LogP contribution in [-0.4, -0.2) is 35.5 Å². The number of aromatic nitrogens is 2. The molecular weight excluding hydrogens is 320 g/mol. The Hall–Kier alpha value is -1.92. The van der Waals surface area contributed by atoms with E-state index in [1.807, 2.05) is 23.5 Å². The third kappa shape index (κ3) is 2.80. The number of hydrogen-bond acceptors (Lipinski definition) is 6. The average Bonchev–Trinajstić information content (AvgIpc) is 3.22. The Morgan fingerprint density at radius 1 is 1.29 bits per heavy atom. The minimum atomic E-state index is 0.166. The Balaban J connectivity index is 1.63. The molecule has 0 aromatic carbocycles. The molecule has 4 rings (SSSR count). The quantitative estimate of drug-likeness (QED) is 0.762. The zero-order valence-corrected chi connectivity index (χ0v) is 14.9. The van der Waals surface area contributed by atoms with Crippen molar-refractivity contribution < 1.29 is 4.42 Å². The van der Waals surface area contributed by atoms with Gasteiger partial charge in [-0.1, -0.05) is 0 Å². The summed E-state index contributed by atoms with van der Waals surface area (Å²) in [6.45, 7) is 0.747. The number of fused-ring (bicyclic) bond motifs is 3. The number of furan rings is 1. The zero-order valence-electron chi connectivity index (χ0n) is 14.1. The zero-order chi connectivity index (χ0) is 16.5. The standard InChI is InChI=1S/C18H22N4OS/c1-22(2)13(14-7-5-9-23-14)10-19-17-16-12-6-3-4-8-15(12)24-18(16)21-11-20-17/h5,7,9,11,13H,3-4,6,8,10H2,1-2H3,(H,19,20,21)/t13-/m0/s1.